The summed E-state index contributed by atoms with van der Waals surface area (Å²) in [5.41, 5.74) is 5.17. The molecule has 4 N–H and O–H groups in total. The minimum atomic E-state index is -0.558. The van der Waals surface area contributed by atoms with Crippen molar-refractivity contribution in [2.24, 2.45) is 5.73 Å². The second kappa shape index (κ2) is 12.8. The van der Waals surface area contributed by atoms with Gasteiger partial charge in [0.15, 0.2) is 5.82 Å². The number of carbonyl (C=O) groups is 2. The van der Waals surface area contributed by atoms with Crippen LogP contribution >= 0.6 is 12.4 Å². The quantitative estimate of drug-likeness (QED) is 0.491. The normalized spacial score (nSPS) is 16.9. The van der Waals surface area contributed by atoms with Crippen molar-refractivity contribution in [2.45, 2.75) is 96.1 Å². The van der Waals surface area contributed by atoms with Crippen molar-refractivity contribution in [3.63, 3.8) is 0 Å². The Kier molecular flexibility index (Phi) is 11.2. The fraction of sp³-hybridized carbons (Fsp3) is 0.800. The van der Waals surface area contributed by atoms with E-state index < -0.39 is 5.54 Å². The number of carbonyl (C=O) groups excluding carboxylic acids is 2. The first-order valence-corrected chi connectivity index (χ1v) is 10.6. The monoisotopic (exact) mass is 429 g/mol. The van der Waals surface area contributed by atoms with Gasteiger partial charge in [-0.05, 0) is 19.3 Å². The fourth-order valence-electron chi connectivity index (χ4n) is 3.84. The van der Waals surface area contributed by atoms with Crippen LogP contribution in [0.1, 0.15) is 89.8 Å². The summed E-state index contributed by atoms with van der Waals surface area (Å²) in [5.74, 6) is 0.810. The summed E-state index contributed by atoms with van der Waals surface area (Å²) >= 11 is 0. The molecule has 1 aromatic heterocycles. The van der Waals surface area contributed by atoms with E-state index in [9.17, 15) is 9.59 Å². The van der Waals surface area contributed by atoms with Gasteiger partial charge in [0.25, 0.3) is 0 Å². The molecular weight excluding hydrogens is 394 g/mol. The molecule has 0 saturated heterocycles. The van der Waals surface area contributed by atoms with Crippen LogP contribution < -0.4 is 16.4 Å². The lowest BCUT2D eigenvalue weighted by atomic mass is 9.89. The molecule has 166 valence electrons. The zero-order valence-electron chi connectivity index (χ0n) is 17.7. The minimum Gasteiger partial charge on any atom is -0.352 e. The maximum Gasteiger partial charge on any atom is 0.227 e. The lowest BCUT2D eigenvalue weighted by molar-refractivity contribution is -0.122. The summed E-state index contributed by atoms with van der Waals surface area (Å²) in [5, 5.41) is 10.2. The molecule has 1 atom stereocenters. The van der Waals surface area contributed by atoms with E-state index in [-0.39, 0.29) is 36.7 Å². The smallest absolute Gasteiger partial charge is 0.227 e. The number of hydrogen-bond donors (Lipinski definition) is 3. The second-order valence-electron chi connectivity index (χ2n) is 7.83. The van der Waals surface area contributed by atoms with Crippen LogP contribution in [0.5, 0.6) is 0 Å². The van der Waals surface area contributed by atoms with Gasteiger partial charge in [-0.25, -0.2) is 0 Å². The molecular formula is C20H36ClN5O3. The molecule has 1 unspecified atom stereocenters. The Morgan fingerprint density at radius 2 is 1.93 bits per heavy atom. The summed E-state index contributed by atoms with van der Waals surface area (Å²) in [7, 11) is 0. The lowest BCUT2D eigenvalue weighted by Gasteiger charge is -2.30. The number of aryl methyl sites for hydroxylation is 1. The first kappa shape index (κ1) is 25.4. The zero-order chi connectivity index (χ0) is 20.4. The standard InChI is InChI=1S/C20H35N5O3.ClH/c1-3-4-9-16(14-21)22-17(27)10-11-18-23-19(25-28-18)20(24-15(2)26)12-7-5-6-8-13-20;/h16H,3-14,21H2,1-2H3,(H,22,27)(H,24,26);1H. The molecule has 0 aromatic carbocycles. The largest absolute Gasteiger partial charge is 0.352 e. The van der Waals surface area contributed by atoms with E-state index in [2.05, 4.69) is 27.7 Å². The van der Waals surface area contributed by atoms with Gasteiger partial charge in [0, 0.05) is 32.4 Å². The third-order valence-electron chi connectivity index (χ3n) is 5.39. The highest BCUT2D eigenvalue weighted by Gasteiger charge is 2.38. The van der Waals surface area contributed by atoms with Crippen molar-refractivity contribution < 1.29 is 14.1 Å². The Balaban J connectivity index is 0.00000420. The number of nitrogens with zero attached hydrogens (tertiary/aromatic N) is 2. The van der Waals surface area contributed by atoms with Crippen LogP contribution in [-0.4, -0.2) is 34.5 Å². The summed E-state index contributed by atoms with van der Waals surface area (Å²) < 4.78 is 5.39. The molecule has 0 bridgehead atoms. The molecule has 8 nitrogen and oxygen atoms in total. The highest BCUT2D eigenvalue weighted by Crippen LogP contribution is 2.34. The lowest BCUT2D eigenvalue weighted by Crippen LogP contribution is -2.45. The fourth-order valence-corrected chi connectivity index (χ4v) is 3.84. The number of rotatable bonds is 10. The van der Waals surface area contributed by atoms with Crippen LogP contribution in [0.25, 0.3) is 0 Å². The third kappa shape index (κ3) is 7.93. The number of aromatic nitrogens is 2. The number of nitrogens with one attached hydrogen (secondary N) is 2. The molecule has 0 radical (unpaired) electrons. The van der Waals surface area contributed by atoms with Crippen LogP contribution in [-0.2, 0) is 21.5 Å². The molecule has 9 heteroatoms. The van der Waals surface area contributed by atoms with Crippen molar-refractivity contribution >= 4 is 24.2 Å². The molecule has 0 aliphatic heterocycles. The average molecular weight is 430 g/mol. The van der Waals surface area contributed by atoms with E-state index in [1.54, 1.807) is 0 Å². The molecule has 29 heavy (non-hydrogen) atoms. The van der Waals surface area contributed by atoms with Crippen molar-refractivity contribution in [3.05, 3.63) is 11.7 Å². The van der Waals surface area contributed by atoms with Gasteiger partial charge in [-0.3, -0.25) is 9.59 Å². The summed E-state index contributed by atoms with van der Waals surface area (Å²) in [4.78, 5) is 28.5. The van der Waals surface area contributed by atoms with Gasteiger partial charge in [0.2, 0.25) is 17.7 Å². The van der Waals surface area contributed by atoms with Gasteiger partial charge in [-0.15, -0.1) is 12.4 Å². The Morgan fingerprint density at radius 3 is 2.52 bits per heavy atom. The van der Waals surface area contributed by atoms with E-state index in [1.165, 1.54) is 6.92 Å². The molecule has 1 saturated carbocycles. The summed E-state index contributed by atoms with van der Waals surface area (Å²) in [6.45, 7) is 4.07. The predicted octanol–water partition coefficient (Wildman–Crippen LogP) is 2.74. The van der Waals surface area contributed by atoms with Gasteiger partial charge < -0.3 is 20.9 Å². The van der Waals surface area contributed by atoms with Crippen LogP contribution in [0.4, 0.5) is 0 Å². The Hall–Kier alpha value is -1.67. The highest BCUT2D eigenvalue weighted by molar-refractivity contribution is 5.85. The van der Waals surface area contributed by atoms with Gasteiger partial charge in [0.1, 0.15) is 5.54 Å². The average Bonchev–Trinajstić information content (AvgIpc) is 3.03. The molecule has 0 spiro atoms. The van der Waals surface area contributed by atoms with Crippen LogP contribution in [0.3, 0.4) is 0 Å². The van der Waals surface area contributed by atoms with E-state index in [4.69, 9.17) is 10.3 Å². The van der Waals surface area contributed by atoms with Crippen LogP contribution in [0, 0.1) is 0 Å². The zero-order valence-corrected chi connectivity index (χ0v) is 18.5. The molecule has 1 fully saturated rings. The van der Waals surface area contributed by atoms with Crippen LogP contribution in [0.15, 0.2) is 4.52 Å². The van der Waals surface area contributed by atoms with Crippen molar-refractivity contribution in [2.75, 3.05) is 6.54 Å². The van der Waals surface area contributed by atoms with E-state index >= 15 is 0 Å². The van der Waals surface area contributed by atoms with E-state index in [0.717, 1.165) is 57.8 Å². The topological polar surface area (TPSA) is 123 Å². The Morgan fingerprint density at radius 1 is 1.24 bits per heavy atom. The molecule has 2 amide bonds. The van der Waals surface area contributed by atoms with Gasteiger partial charge in [-0.1, -0.05) is 50.6 Å². The molecule has 1 aliphatic rings. The molecule has 1 heterocycles. The van der Waals surface area contributed by atoms with Crippen molar-refractivity contribution in [3.8, 4) is 0 Å². The van der Waals surface area contributed by atoms with Crippen molar-refractivity contribution in [1.29, 1.82) is 0 Å². The van der Waals surface area contributed by atoms with Gasteiger partial charge >= 0.3 is 0 Å². The summed E-state index contributed by atoms with van der Waals surface area (Å²) in [6, 6.07) is 0.0136. The van der Waals surface area contributed by atoms with Gasteiger partial charge in [-0.2, -0.15) is 4.98 Å². The number of halogens is 1. The highest BCUT2D eigenvalue weighted by atomic mass is 35.5. The van der Waals surface area contributed by atoms with Crippen LogP contribution in [0.2, 0.25) is 0 Å². The Bertz CT molecular complexity index is 629. The van der Waals surface area contributed by atoms with E-state index in [0.29, 0.717) is 24.7 Å². The predicted molar refractivity (Wildman–Crippen MR) is 114 cm³/mol. The number of nitrogens with two attached hydrogens (primary N) is 1. The van der Waals surface area contributed by atoms with E-state index in [1.807, 2.05) is 0 Å². The maximum atomic E-state index is 12.2. The Labute approximate surface area is 179 Å². The molecule has 2 rings (SSSR count). The van der Waals surface area contributed by atoms with Crippen molar-refractivity contribution in [1.82, 2.24) is 20.8 Å². The number of unbranched alkanes of at least 4 members (excludes halogenated alkanes) is 1. The number of hydrogen-bond acceptors (Lipinski definition) is 6. The van der Waals surface area contributed by atoms with Gasteiger partial charge in [0.05, 0.1) is 0 Å². The summed E-state index contributed by atoms with van der Waals surface area (Å²) in [6.07, 6.45) is 9.60. The third-order valence-corrected chi connectivity index (χ3v) is 5.39. The first-order valence-electron chi connectivity index (χ1n) is 10.6. The first-order chi connectivity index (χ1) is 13.5. The number of amides is 2. The second-order valence-corrected chi connectivity index (χ2v) is 7.83. The SMILES string of the molecule is CCCCC(CN)NC(=O)CCc1nc(C2(NC(C)=O)CCCCCC2)no1.Cl. The minimum absolute atomic E-state index is 0. The molecule has 1 aromatic rings. The maximum absolute atomic E-state index is 12.2. The molecule has 1 aliphatic carbocycles.